The Labute approximate surface area is 135 Å². The van der Waals surface area contributed by atoms with E-state index in [1.807, 2.05) is 21.5 Å². The van der Waals surface area contributed by atoms with Crippen molar-refractivity contribution in [2.24, 2.45) is 0 Å². The number of rotatable bonds is 5. The molecule has 0 bridgehead atoms. The van der Waals surface area contributed by atoms with Crippen LogP contribution < -0.4 is 0 Å². The van der Waals surface area contributed by atoms with Crippen molar-refractivity contribution < 1.29 is 4.52 Å². The summed E-state index contributed by atoms with van der Waals surface area (Å²) in [6.45, 7) is 0. The van der Waals surface area contributed by atoms with E-state index in [2.05, 4.69) is 25.7 Å². The molecule has 0 N–H and O–H groups in total. The van der Waals surface area contributed by atoms with Crippen molar-refractivity contribution in [3.05, 3.63) is 22.7 Å². The number of hydrogen-bond acceptors (Lipinski definition) is 8. The molecule has 1 aliphatic rings. The zero-order chi connectivity index (χ0) is 14.8. The van der Waals surface area contributed by atoms with Crippen LogP contribution in [0.1, 0.15) is 37.6 Å². The van der Waals surface area contributed by atoms with Crippen molar-refractivity contribution in [2.45, 2.75) is 42.6 Å². The smallest absolute Gasteiger partial charge is 0.237 e. The molecule has 0 unspecified atom stereocenters. The first-order valence-corrected chi connectivity index (χ1v) is 9.09. The van der Waals surface area contributed by atoms with Gasteiger partial charge in [0.25, 0.3) is 0 Å². The molecule has 0 saturated heterocycles. The van der Waals surface area contributed by atoms with Gasteiger partial charge in [0.1, 0.15) is 0 Å². The van der Waals surface area contributed by atoms with E-state index in [-0.39, 0.29) is 0 Å². The quantitative estimate of drug-likeness (QED) is 0.663. The topological polar surface area (TPSA) is 82.5 Å². The fourth-order valence-electron chi connectivity index (χ4n) is 2.61. The molecule has 0 radical (unpaired) electrons. The first-order valence-electron chi connectivity index (χ1n) is 7.16. The molecule has 0 amide bonds. The molecular weight excluding hydrogens is 320 g/mol. The lowest BCUT2D eigenvalue weighted by molar-refractivity contribution is 0.391. The van der Waals surface area contributed by atoms with Crippen molar-refractivity contribution in [1.29, 1.82) is 0 Å². The number of nitrogens with zero attached hydrogens (tertiary/aromatic N) is 6. The Morgan fingerprint density at radius 1 is 1.36 bits per heavy atom. The fourth-order valence-corrected chi connectivity index (χ4v) is 4.02. The standard InChI is InChI=1S/C13H14N6OS2/c1-2-4-10(3-1)19-13(15-17-18-19)22-8-11-14-12(16-20-11)9-5-6-21-7-9/h5-7,10H,1-4,8H2. The van der Waals surface area contributed by atoms with Gasteiger partial charge in [-0.15, -0.1) is 5.10 Å². The van der Waals surface area contributed by atoms with E-state index in [1.54, 1.807) is 11.3 Å². The molecule has 1 saturated carbocycles. The average Bonchev–Trinajstić information content (AvgIpc) is 3.33. The van der Waals surface area contributed by atoms with Gasteiger partial charge in [-0.2, -0.15) is 16.3 Å². The maximum Gasteiger partial charge on any atom is 0.237 e. The van der Waals surface area contributed by atoms with Gasteiger partial charge in [0, 0.05) is 10.9 Å². The SMILES string of the molecule is c1cc(-c2noc(CSc3nnnn3C3CCCC3)n2)cs1. The summed E-state index contributed by atoms with van der Waals surface area (Å²) in [5, 5.41) is 20.9. The molecule has 1 fully saturated rings. The Morgan fingerprint density at radius 2 is 2.27 bits per heavy atom. The minimum Gasteiger partial charge on any atom is -0.338 e. The summed E-state index contributed by atoms with van der Waals surface area (Å²) in [6.07, 6.45) is 4.81. The Morgan fingerprint density at radius 3 is 3.09 bits per heavy atom. The monoisotopic (exact) mass is 334 g/mol. The lowest BCUT2D eigenvalue weighted by Crippen LogP contribution is -2.08. The van der Waals surface area contributed by atoms with Gasteiger partial charge in [-0.1, -0.05) is 29.8 Å². The Hall–Kier alpha value is -1.74. The highest BCUT2D eigenvalue weighted by Gasteiger charge is 2.22. The summed E-state index contributed by atoms with van der Waals surface area (Å²) in [5.74, 6) is 1.80. The summed E-state index contributed by atoms with van der Waals surface area (Å²) in [7, 11) is 0. The maximum absolute atomic E-state index is 5.30. The van der Waals surface area contributed by atoms with Crippen molar-refractivity contribution >= 4 is 23.1 Å². The molecule has 0 aromatic carbocycles. The number of aromatic nitrogens is 6. The highest BCUT2D eigenvalue weighted by molar-refractivity contribution is 7.98. The molecule has 1 aliphatic carbocycles. The molecular formula is C13H14N6OS2. The van der Waals surface area contributed by atoms with E-state index in [4.69, 9.17) is 4.52 Å². The first-order chi connectivity index (χ1) is 10.9. The van der Waals surface area contributed by atoms with Crippen LogP contribution in [-0.4, -0.2) is 30.3 Å². The van der Waals surface area contributed by atoms with Crippen LogP contribution in [-0.2, 0) is 5.75 Å². The van der Waals surface area contributed by atoms with Crippen LogP contribution >= 0.6 is 23.1 Å². The van der Waals surface area contributed by atoms with E-state index in [9.17, 15) is 0 Å². The van der Waals surface area contributed by atoms with Crippen LogP contribution in [0.2, 0.25) is 0 Å². The van der Waals surface area contributed by atoms with Crippen LogP contribution in [0, 0.1) is 0 Å². The summed E-state index contributed by atoms with van der Waals surface area (Å²) < 4.78 is 7.24. The van der Waals surface area contributed by atoms with Crippen LogP contribution in [0.4, 0.5) is 0 Å². The Bertz CT molecular complexity index is 731. The molecule has 22 heavy (non-hydrogen) atoms. The molecule has 0 aliphatic heterocycles. The lowest BCUT2D eigenvalue weighted by atomic mass is 10.3. The predicted octanol–water partition coefficient (Wildman–Crippen LogP) is 3.19. The molecule has 3 aromatic heterocycles. The van der Waals surface area contributed by atoms with E-state index >= 15 is 0 Å². The molecule has 114 valence electrons. The van der Waals surface area contributed by atoms with Gasteiger partial charge in [0.15, 0.2) is 0 Å². The van der Waals surface area contributed by atoms with Crippen molar-refractivity contribution in [1.82, 2.24) is 30.3 Å². The van der Waals surface area contributed by atoms with Gasteiger partial charge in [0.2, 0.25) is 16.9 Å². The van der Waals surface area contributed by atoms with Gasteiger partial charge in [0.05, 0.1) is 11.8 Å². The largest absolute Gasteiger partial charge is 0.338 e. The predicted molar refractivity (Wildman–Crippen MR) is 82.5 cm³/mol. The summed E-state index contributed by atoms with van der Waals surface area (Å²) in [4.78, 5) is 4.41. The summed E-state index contributed by atoms with van der Waals surface area (Å²) >= 11 is 3.15. The van der Waals surface area contributed by atoms with E-state index in [0.29, 0.717) is 23.5 Å². The summed E-state index contributed by atoms with van der Waals surface area (Å²) in [6, 6.07) is 2.41. The average molecular weight is 334 g/mol. The third kappa shape index (κ3) is 2.78. The first kappa shape index (κ1) is 13.9. The fraction of sp³-hybridized carbons (Fsp3) is 0.462. The molecule has 0 spiro atoms. The Balaban J connectivity index is 1.44. The highest BCUT2D eigenvalue weighted by Crippen LogP contribution is 2.32. The third-order valence-corrected chi connectivity index (χ3v) is 5.31. The van der Waals surface area contributed by atoms with Gasteiger partial charge in [-0.3, -0.25) is 0 Å². The second kappa shape index (κ2) is 6.17. The van der Waals surface area contributed by atoms with Gasteiger partial charge in [-0.05, 0) is 34.7 Å². The number of thiophene rings is 1. The number of thioether (sulfide) groups is 1. The van der Waals surface area contributed by atoms with Gasteiger partial charge < -0.3 is 4.52 Å². The minimum absolute atomic E-state index is 0.432. The van der Waals surface area contributed by atoms with Gasteiger partial charge >= 0.3 is 0 Å². The minimum atomic E-state index is 0.432. The normalized spacial score (nSPS) is 15.6. The van der Waals surface area contributed by atoms with Crippen LogP contribution in [0.3, 0.4) is 0 Å². The molecule has 7 nitrogen and oxygen atoms in total. The van der Waals surface area contributed by atoms with E-state index in [0.717, 1.165) is 23.6 Å². The van der Waals surface area contributed by atoms with E-state index < -0.39 is 0 Å². The molecule has 0 atom stereocenters. The number of hydrogen-bond donors (Lipinski definition) is 0. The molecule has 9 heteroatoms. The second-order valence-corrected chi connectivity index (χ2v) is 6.88. The maximum atomic E-state index is 5.30. The molecule has 3 aromatic rings. The number of tetrazole rings is 1. The van der Waals surface area contributed by atoms with Crippen LogP contribution in [0.5, 0.6) is 0 Å². The summed E-state index contributed by atoms with van der Waals surface area (Å²) in [5.41, 5.74) is 0.987. The van der Waals surface area contributed by atoms with Crippen molar-refractivity contribution in [3.8, 4) is 11.4 Å². The molecule has 3 heterocycles. The van der Waals surface area contributed by atoms with Crippen LogP contribution in [0.25, 0.3) is 11.4 Å². The van der Waals surface area contributed by atoms with Crippen molar-refractivity contribution in [2.75, 3.05) is 0 Å². The molecule has 4 rings (SSSR count). The van der Waals surface area contributed by atoms with Crippen molar-refractivity contribution in [3.63, 3.8) is 0 Å². The van der Waals surface area contributed by atoms with Crippen LogP contribution in [0.15, 0.2) is 26.5 Å². The second-order valence-electron chi connectivity index (χ2n) is 5.16. The van der Waals surface area contributed by atoms with E-state index in [1.165, 1.54) is 24.6 Å². The zero-order valence-electron chi connectivity index (χ0n) is 11.8. The zero-order valence-corrected chi connectivity index (χ0v) is 13.4. The third-order valence-electron chi connectivity index (χ3n) is 3.71. The lowest BCUT2D eigenvalue weighted by Gasteiger charge is -2.09. The Kier molecular flexibility index (Phi) is 3.90. The van der Waals surface area contributed by atoms with Gasteiger partial charge in [-0.25, -0.2) is 4.68 Å². The highest BCUT2D eigenvalue weighted by atomic mass is 32.2.